The number of rotatable bonds is 0. The Balaban J connectivity index is 2.27. The lowest BCUT2D eigenvalue weighted by Crippen LogP contribution is -2.22. The van der Waals surface area contributed by atoms with Crippen LogP contribution in [0.15, 0.2) is 0 Å². The van der Waals surface area contributed by atoms with E-state index in [4.69, 9.17) is 0 Å². The van der Waals surface area contributed by atoms with E-state index >= 15 is 0 Å². The van der Waals surface area contributed by atoms with Gasteiger partial charge in [0.25, 0.3) is 5.92 Å². The number of alkyl halides is 2. The highest BCUT2D eigenvalue weighted by Crippen LogP contribution is 2.57. The summed E-state index contributed by atoms with van der Waals surface area (Å²) in [5, 5.41) is 0. The normalized spacial score (nSPS) is 50.1. The van der Waals surface area contributed by atoms with E-state index in [1.807, 2.05) is 6.92 Å². The topological polar surface area (TPSA) is 0 Å². The van der Waals surface area contributed by atoms with Crippen molar-refractivity contribution in [2.45, 2.75) is 32.1 Å². The van der Waals surface area contributed by atoms with E-state index in [1.54, 1.807) is 0 Å². The van der Waals surface area contributed by atoms with E-state index < -0.39 is 5.92 Å². The van der Waals surface area contributed by atoms with Crippen LogP contribution >= 0.6 is 0 Å². The molecule has 3 unspecified atom stereocenters. The number of hydrogen-bond acceptors (Lipinski definition) is 0. The van der Waals surface area contributed by atoms with Crippen LogP contribution in [0.1, 0.15) is 26.2 Å². The molecule has 2 aliphatic rings. The van der Waals surface area contributed by atoms with E-state index in [-0.39, 0.29) is 17.8 Å². The largest absolute Gasteiger partial charge is 0.253 e. The molecule has 2 aliphatic carbocycles. The molecule has 10 heavy (non-hydrogen) atoms. The molecule has 2 heteroatoms. The van der Waals surface area contributed by atoms with E-state index in [2.05, 4.69) is 0 Å². The van der Waals surface area contributed by atoms with Crippen LogP contribution in [-0.2, 0) is 0 Å². The van der Waals surface area contributed by atoms with Gasteiger partial charge in [0.2, 0.25) is 0 Å². The minimum Gasteiger partial charge on any atom is -0.206 e. The first-order valence-corrected chi connectivity index (χ1v) is 4.00. The van der Waals surface area contributed by atoms with Gasteiger partial charge in [-0.1, -0.05) is 6.92 Å². The van der Waals surface area contributed by atoms with Crippen LogP contribution in [-0.4, -0.2) is 5.92 Å². The summed E-state index contributed by atoms with van der Waals surface area (Å²) in [4.78, 5) is 0. The molecule has 0 heterocycles. The lowest BCUT2D eigenvalue weighted by Gasteiger charge is -2.16. The molecule has 0 N–H and O–H groups in total. The minimum atomic E-state index is -2.31. The summed E-state index contributed by atoms with van der Waals surface area (Å²) >= 11 is 0. The summed E-state index contributed by atoms with van der Waals surface area (Å²) in [5.41, 5.74) is 0. The molecule has 0 aromatic carbocycles. The molecule has 2 fully saturated rings. The van der Waals surface area contributed by atoms with Crippen molar-refractivity contribution in [2.24, 2.45) is 17.8 Å². The smallest absolute Gasteiger partial charge is 0.206 e. The van der Waals surface area contributed by atoms with Gasteiger partial charge in [0, 0.05) is 11.8 Å². The first kappa shape index (κ1) is 6.56. The Bertz CT molecular complexity index is 153. The second kappa shape index (κ2) is 1.72. The Morgan fingerprint density at radius 3 is 2.20 bits per heavy atom. The van der Waals surface area contributed by atoms with Crippen LogP contribution in [0.4, 0.5) is 8.78 Å². The molecule has 2 bridgehead atoms. The van der Waals surface area contributed by atoms with E-state index in [9.17, 15) is 8.78 Å². The number of fused-ring (bicyclic) bond motifs is 2. The van der Waals surface area contributed by atoms with Gasteiger partial charge in [0.1, 0.15) is 0 Å². The second-order valence-electron chi connectivity index (χ2n) is 3.77. The predicted molar refractivity (Wildman–Crippen MR) is 34.9 cm³/mol. The summed E-state index contributed by atoms with van der Waals surface area (Å²) in [5.74, 6) is -2.59. The van der Waals surface area contributed by atoms with Gasteiger partial charge >= 0.3 is 0 Å². The first-order valence-electron chi connectivity index (χ1n) is 4.00. The average molecular weight is 146 g/mol. The number of halogens is 2. The zero-order valence-electron chi connectivity index (χ0n) is 6.11. The Labute approximate surface area is 59.6 Å². The van der Waals surface area contributed by atoms with Crippen molar-refractivity contribution in [2.75, 3.05) is 0 Å². The standard InChI is InChI=1S/C8H12F2/c1-5-4-6-2-3-7(5)8(6,9)10/h5-7H,2-4H2,1H3. The highest BCUT2D eigenvalue weighted by atomic mass is 19.3. The van der Waals surface area contributed by atoms with Gasteiger partial charge in [0.15, 0.2) is 0 Å². The monoisotopic (exact) mass is 146 g/mol. The van der Waals surface area contributed by atoms with Gasteiger partial charge in [-0.25, -0.2) is 8.78 Å². The van der Waals surface area contributed by atoms with Crippen molar-refractivity contribution >= 4 is 0 Å². The Morgan fingerprint density at radius 1 is 1.30 bits per heavy atom. The fourth-order valence-electron chi connectivity index (χ4n) is 2.62. The third kappa shape index (κ3) is 0.599. The summed E-state index contributed by atoms with van der Waals surface area (Å²) in [6.07, 6.45) is 2.29. The lowest BCUT2D eigenvalue weighted by molar-refractivity contribution is -0.0492. The van der Waals surface area contributed by atoms with Crippen molar-refractivity contribution in [3.05, 3.63) is 0 Å². The fourth-order valence-corrected chi connectivity index (χ4v) is 2.62. The third-order valence-electron chi connectivity index (χ3n) is 3.21. The van der Waals surface area contributed by atoms with Crippen molar-refractivity contribution < 1.29 is 8.78 Å². The summed E-state index contributed by atoms with van der Waals surface area (Å²) in [6, 6.07) is 0. The summed E-state index contributed by atoms with van der Waals surface area (Å²) in [7, 11) is 0. The molecule has 0 aliphatic heterocycles. The average Bonchev–Trinajstić information content (AvgIpc) is 2.20. The van der Waals surface area contributed by atoms with Crippen molar-refractivity contribution in [3.8, 4) is 0 Å². The van der Waals surface area contributed by atoms with Crippen LogP contribution in [0.5, 0.6) is 0 Å². The maximum Gasteiger partial charge on any atom is 0.253 e. The molecule has 0 aromatic rings. The molecule has 0 aromatic heterocycles. The van der Waals surface area contributed by atoms with Crippen LogP contribution in [0, 0.1) is 17.8 Å². The molecule has 58 valence electrons. The zero-order valence-corrected chi connectivity index (χ0v) is 6.11. The van der Waals surface area contributed by atoms with Crippen LogP contribution < -0.4 is 0 Å². The van der Waals surface area contributed by atoms with Gasteiger partial charge in [0.05, 0.1) is 0 Å². The van der Waals surface area contributed by atoms with E-state index in [0.717, 1.165) is 19.3 Å². The van der Waals surface area contributed by atoms with Crippen molar-refractivity contribution in [1.29, 1.82) is 0 Å². The molecular formula is C8H12F2. The van der Waals surface area contributed by atoms with Gasteiger partial charge in [-0.15, -0.1) is 0 Å². The maximum absolute atomic E-state index is 13.0. The van der Waals surface area contributed by atoms with E-state index in [1.165, 1.54) is 0 Å². The summed E-state index contributed by atoms with van der Waals surface area (Å²) < 4.78 is 26.1. The molecule has 0 amide bonds. The Morgan fingerprint density at radius 2 is 2.00 bits per heavy atom. The molecule has 0 saturated heterocycles. The van der Waals surface area contributed by atoms with Crippen LogP contribution in [0.3, 0.4) is 0 Å². The third-order valence-corrected chi connectivity index (χ3v) is 3.21. The first-order chi connectivity index (χ1) is 4.62. The molecule has 0 radical (unpaired) electrons. The second-order valence-corrected chi connectivity index (χ2v) is 3.77. The Kier molecular flexibility index (Phi) is 1.13. The van der Waals surface area contributed by atoms with Gasteiger partial charge in [-0.3, -0.25) is 0 Å². The predicted octanol–water partition coefficient (Wildman–Crippen LogP) is 2.69. The van der Waals surface area contributed by atoms with Crippen LogP contribution in [0.2, 0.25) is 0 Å². The Hall–Kier alpha value is -0.140. The lowest BCUT2D eigenvalue weighted by atomic mass is 9.91. The molecule has 2 rings (SSSR count). The van der Waals surface area contributed by atoms with Crippen molar-refractivity contribution in [1.82, 2.24) is 0 Å². The highest BCUT2D eigenvalue weighted by Gasteiger charge is 2.59. The highest BCUT2D eigenvalue weighted by molar-refractivity contribution is 5.00. The zero-order chi connectivity index (χ0) is 7.35. The summed E-state index contributed by atoms with van der Waals surface area (Å²) in [6.45, 7) is 1.96. The molecule has 3 atom stereocenters. The van der Waals surface area contributed by atoms with Gasteiger partial charge in [-0.2, -0.15) is 0 Å². The minimum absolute atomic E-state index is 0.271. The SMILES string of the molecule is CC1CC2CCC1C2(F)F. The van der Waals surface area contributed by atoms with Gasteiger partial charge < -0.3 is 0 Å². The van der Waals surface area contributed by atoms with E-state index in [0.29, 0.717) is 0 Å². The molecular weight excluding hydrogens is 134 g/mol. The van der Waals surface area contributed by atoms with Crippen LogP contribution in [0.25, 0.3) is 0 Å². The number of hydrogen-bond donors (Lipinski definition) is 0. The fraction of sp³-hybridized carbons (Fsp3) is 1.00. The molecule has 2 saturated carbocycles. The van der Waals surface area contributed by atoms with Crippen molar-refractivity contribution in [3.63, 3.8) is 0 Å². The molecule has 0 nitrogen and oxygen atoms in total. The quantitative estimate of drug-likeness (QED) is 0.493. The van der Waals surface area contributed by atoms with Gasteiger partial charge in [-0.05, 0) is 25.2 Å². The molecule has 0 spiro atoms. The maximum atomic E-state index is 13.0.